The van der Waals surface area contributed by atoms with Gasteiger partial charge in [0, 0.05) is 19.5 Å². The highest BCUT2D eigenvalue weighted by Gasteiger charge is 2.35. The van der Waals surface area contributed by atoms with Gasteiger partial charge in [-0.25, -0.2) is 9.78 Å². The van der Waals surface area contributed by atoms with Crippen LogP contribution in [0.5, 0.6) is 5.75 Å². The molecule has 1 aromatic heterocycles. The van der Waals surface area contributed by atoms with Gasteiger partial charge in [-0.05, 0) is 44.1 Å². The summed E-state index contributed by atoms with van der Waals surface area (Å²) in [5.74, 6) is 1.10. The molecular formula is C22H32N4O3. The smallest absolute Gasteiger partial charge is 0.410 e. The second kappa shape index (κ2) is 9.78. The zero-order valence-corrected chi connectivity index (χ0v) is 17.9. The summed E-state index contributed by atoms with van der Waals surface area (Å²) in [6.45, 7) is 6.78. The van der Waals surface area contributed by atoms with Crippen molar-refractivity contribution in [1.82, 2.24) is 19.8 Å². The number of rotatable bonds is 8. The zero-order valence-electron chi connectivity index (χ0n) is 17.9. The quantitative estimate of drug-likeness (QED) is 0.685. The Labute approximate surface area is 173 Å². The van der Waals surface area contributed by atoms with E-state index < -0.39 is 0 Å². The fourth-order valence-corrected chi connectivity index (χ4v) is 3.69. The Morgan fingerprint density at radius 2 is 2.07 bits per heavy atom. The number of hydrogen-bond acceptors (Lipinski definition) is 5. The predicted molar refractivity (Wildman–Crippen MR) is 112 cm³/mol. The first-order valence-corrected chi connectivity index (χ1v) is 10.3. The zero-order chi connectivity index (χ0) is 20.8. The molecule has 0 spiro atoms. The minimum atomic E-state index is -0.284. The summed E-state index contributed by atoms with van der Waals surface area (Å²) in [4.78, 5) is 24.3. The van der Waals surface area contributed by atoms with E-state index in [1.54, 1.807) is 6.33 Å². The number of nitrogens with zero attached hydrogens (tertiary/aromatic N) is 3. The highest BCUT2D eigenvalue weighted by Crippen LogP contribution is 2.33. The van der Waals surface area contributed by atoms with Crippen molar-refractivity contribution < 1.29 is 14.3 Å². The van der Waals surface area contributed by atoms with E-state index in [-0.39, 0.29) is 24.7 Å². The van der Waals surface area contributed by atoms with Crippen LogP contribution in [-0.2, 0) is 17.8 Å². The maximum Gasteiger partial charge on any atom is 0.410 e. The number of imidazole rings is 1. The molecule has 1 amide bonds. The van der Waals surface area contributed by atoms with E-state index in [1.807, 2.05) is 29.2 Å². The van der Waals surface area contributed by atoms with Gasteiger partial charge in [-0.3, -0.25) is 4.90 Å². The number of nitrogens with one attached hydrogen (secondary N) is 1. The van der Waals surface area contributed by atoms with Crippen molar-refractivity contribution >= 4 is 6.09 Å². The van der Waals surface area contributed by atoms with Crippen LogP contribution in [0.3, 0.4) is 0 Å². The second-order valence-corrected chi connectivity index (χ2v) is 8.10. The van der Waals surface area contributed by atoms with E-state index in [4.69, 9.17) is 9.47 Å². The van der Waals surface area contributed by atoms with E-state index in [1.165, 1.54) is 0 Å². The maximum atomic E-state index is 12.8. The van der Waals surface area contributed by atoms with Gasteiger partial charge in [0.25, 0.3) is 0 Å². The van der Waals surface area contributed by atoms with Gasteiger partial charge in [-0.1, -0.05) is 26.0 Å². The molecule has 158 valence electrons. The molecule has 1 aromatic carbocycles. The minimum absolute atomic E-state index is 0.0355. The molecule has 3 rings (SSSR count). The Kier molecular flexibility index (Phi) is 7.14. The number of ether oxygens (including phenoxy) is 2. The van der Waals surface area contributed by atoms with Crippen molar-refractivity contribution in [2.45, 2.75) is 39.3 Å². The van der Waals surface area contributed by atoms with Gasteiger partial charge < -0.3 is 19.4 Å². The molecule has 1 atom stereocenters. The molecule has 0 bridgehead atoms. The summed E-state index contributed by atoms with van der Waals surface area (Å²) < 4.78 is 11.4. The lowest BCUT2D eigenvalue weighted by Crippen LogP contribution is -2.42. The third-order valence-corrected chi connectivity index (χ3v) is 5.14. The average molecular weight is 401 g/mol. The second-order valence-electron chi connectivity index (χ2n) is 8.10. The lowest BCUT2D eigenvalue weighted by molar-refractivity contribution is 0.0652. The first-order chi connectivity index (χ1) is 14.0. The van der Waals surface area contributed by atoms with Crippen LogP contribution in [0.15, 0.2) is 30.6 Å². The van der Waals surface area contributed by atoms with Gasteiger partial charge in [0.2, 0.25) is 0 Å². The van der Waals surface area contributed by atoms with Crippen LogP contribution in [-0.4, -0.2) is 59.7 Å². The highest BCUT2D eigenvalue weighted by molar-refractivity contribution is 5.69. The number of amides is 1. The Morgan fingerprint density at radius 1 is 1.31 bits per heavy atom. The van der Waals surface area contributed by atoms with Gasteiger partial charge in [0.1, 0.15) is 12.4 Å². The summed E-state index contributed by atoms with van der Waals surface area (Å²) in [7, 11) is 4.11. The molecule has 29 heavy (non-hydrogen) atoms. The van der Waals surface area contributed by atoms with Crippen LogP contribution in [0, 0.1) is 5.92 Å². The Hall–Kier alpha value is -2.54. The molecule has 7 nitrogen and oxygen atoms in total. The molecule has 1 aliphatic heterocycles. The van der Waals surface area contributed by atoms with Crippen molar-refractivity contribution in [2.75, 3.05) is 33.8 Å². The molecule has 0 saturated carbocycles. The van der Waals surface area contributed by atoms with Gasteiger partial charge in [-0.15, -0.1) is 0 Å². The first kappa shape index (κ1) is 21.2. The molecule has 1 aliphatic rings. The Morgan fingerprint density at radius 3 is 2.76 bits per heavy atom. The van der Waals surface area contributed by atoms with Crippen LogP contribution in [0.4, 0.5) is 4.79 Å². The third kappa shape index (κ3) is 5.50. The SMILES string of the molecule is CC(C)[C@H]1c2[nH]cnc2CCN1C(=O)OCc1ccc(OCCCN(C)C)cc1. The molecule has 0 unspecified atom stereocenters. The van der Waals surface area contributed by atoms with Gasteiger partial charge in [0.15, 0.2) is 0 Å². The topological polar surface area (TPSA) is 70.7 Å². The van der Waals surface area contributed by atoms with Crippen LogP contribution in [0.2, 0.25) is 0 Å². The highest BCUT2D eigenvalue weighted by atomic mass is 16.6. The minimum Gasteiger partial charge on any atom is -0.494 e. The maximum absolute atomic E-state index is 12.8. The van der Waals surface area contributed by atoms with Gasteiger partial charge in [0.05, 0.1) is 30.4 Å². The Balaban J connectivity index is 1.51. The van der Waals surface area contributed by atoms with Crippen LogP contribution in [0.25, 0.3) is 0 Å². The summed E-state index contributed by atoms with van der Waals surface area (Å²) in [5, 5.41) is 0. The first-order valence-electron chi connectivity index (χ1n) is 10.3. The molecule has 0 radical (unpaired) electrons. The number of carbonyl (C=O) groups excluding carboxylic acids is 1. The number of aromatic amines is 1. The lowest BCUT2D eigenvalue weighted by Gasteiger charge is -2.36. The summed E-state index contributed by atoms with van der Waals surface area (Å²) in [6.07, 6.45) is 3.15. The number of hydrogen-bond donors (Lipinski definition) is 1. The monoisotopic (exact) mass is 400 g/mol. The summed E-state index contributed by atoms with van der Waals surface area (Å²) in [5.41, 5.74) is 3.02. The molecule has 1 N–H and O–H groups in total. The van der Waals surface area contributed by atoms with E-state index >= 15 is 0 Å². The lowest BCUT2D eigenvalue weighted by atomic mass is 9.94. The van der Waals surface area contributed by atoms with Crippen molar-refractivity contribution in [3.8, 4) is 5.75 Å². The van der Waals surface area contributed by atoms with Crippen molar-refractivity contribution in [2.24, 2.45) is 5.92 Å². The predicted octanol–water partition coefficient (Wildman–Crippen LogP) is 3.63. The van der Waals surface area contributed by atoms with Crippen molar-refractivity contribution in [3.05, 3.63) is 47.5 Å². The standard InChI is InChI=1S/C22H32N4O3/c1-16(2)21-20-19(23-15-24-20)10-12-26(21)22(27)29-14-17-6-8-18(9-7-17)28-13-5-11-25(3)4/h6-9,15-16,21H,5,10-14H2,1-4H3,(H,23,24)/t21-/m0/s1. The van der Waals surface area contributed by atoms with Gasteiger partial charge >= 0.3 is 6.09 Å². The number of benzene rings is 1. The van der Waals surface area contributed by atoms with Crippen molar-refractivity contribution in [1.29, 1.82) is 0 Å². The summed E-state index contributed by atoms with van der Waals surface area (Å²) >= 11 is 0. The number of fused-ring (bicyclic) bond motifs is 1. The Bertz CT molecular complexity index is 786. The number of aromatic nitrogens is 2. The fraction of sp³-hybridized carbons (Fsp3) is 0.545. The van der Waals surface area contributed by atoms with Crippen LogP contribution in [0.1, 0.15) is 43.3 Å². The number of carbonyl (C=O) groups is 1. The fourth-order valence-electron chi connectivity index (χ4n) is 3.69. The normalized spacial score (nSPS) is 16.2. The molecule has 0 saturated heterocycles. The van der Waals surface area contributed by atoms with E-state index in [9.17, 15) is 4.79 Å². The van der Waals surface area contributed by atoms with Crippen LogP contribution >= 0.6 is 0 Å². The molecule has 2 aromatic rings. The van der Waals surface area contributed by atoms with E-state index in [2.05, 4.69) is 42.8 Å². The van der Waals surface area contributed by atoms with E-state index in [0.717, 1.165) is 42.1 Å². The summed E-state index contributed by atoms with van der Waals surface area (Å²) in [6, 6.07) is 7.70. The molecule has 0 aliphatic carbocycles. The molecule has 2 heterocycles. The van der Waals surface area contributed by atoms with Crippen molar-refractivity contribution in [3.63, 3.8) is 0 Å². The average Bonchev–Trinajstić information content (AvgIpc) is 3.18. The largest absolute Gasteiger partial charge is 0.494 e. The molecular weight excluding hydrogens is 368 g/mol. The molecule has 7 heteroatoms. The molecule has 0 fully saturated rings. The number of H-pyrrole nitrogens is 1. The van der Waals surface area contributed by atoms with E-state index in [0.29, 0.717) is 13.2 Å². The van der Waals surface area contributed by atoms with Gasteiger partial charge in [-0.2, -0.15) is 0 Å². The third-order valence-electron chi connectivity index (χ3n) is 5.14. The van der Waals surface area contributed by atoms with Crippen LogP contribution < -0.4 is 4.74 Å².